The minimum absolute atomic E-state index is 0.171. The molecule has 2 aromatic rings. The van der Waals surface area contributed by atoms with Crippen molar-refractivity contribution < 1.29 is 4.39 Å². The van der Waals surface area contributed by atoms with Gasteiger partial charge in [0.05, 0.1) is 0 Å². The van der Waals surface area contributed by atoms with Crippen LogP contribution in [-0.2, 0) is 6.42 Å². The van der Waals surface area contributed by atoms with E-state index in [1.165, 1.54) is 11.6 Å². The SMILES string of the molecule is Fc1ccccc1-c1ccc(CCBr)cc1. The molecule has 0 aliphatic rings. The second-order valence-electron chi connectivity index (χ2n) is 3.62. The van der Waals surface area contributed by atoms with Gasteiger partial charge >= 0.3 is 0 Å². The molecule has 0 unspecified atom stereocenters. The van der Waals surface area contributed by atoms with Gasteiger partial charge in [0.2, 0.25) is 0 Å². The lowest BCUT2D eigenvalue weighted by molar-refractivity contribution is 0.631. The van der Waals surface area contributed by atoms with Crippen LogP contribution in [0.25, 0.3) is 11.1 Å². The van der Waals surface area contributed by atoms with Gasteiger partial charge in [-0.3, -0.25) is 0 Å². The highest BCUT2D eigenvalue weighted by molar-refractivity contribution is 9.09. The summed E-state index contributed by atoms with van der Waals surface area (Å²) in [6.45, 7) is 0. The molecular weight excluding hydrogens is 267 g/mol. The fourth-order valence-electron chi connectivity index (χ4n) is 1.66. The molecule has 0 fully saturated rings. The minimum Gasteiger partial charge on any atom is -0.206 e. The number of alkyl halides is 1. The second-order valence-corrected chi connectivity index (χ2v) is 4.41. The van der Waals surface area contributed by atoms with Gasteiger partial charge in [-0.05, 0) is 23.6 Å². The molecule has 0 atom stereocenters. The Balaban J connectivity index is 2.31. The first-order valence-corrected chi connectivity index (χ1v) is 6.33. The molecule has 0 spiro atoms. The molecule has 0 heterocycles. The van der Waals surface area contributed by atoms with Crippen LogP contribution in [0.3, 0.4) is 0 Å². The van der Waals surface area contributed by atoms with Crippen LogP contribution in [0.1, 0.15) is 5.56 Å². The molecule has 0 bridgehead atoms. The van der Waals surface area contributed by atoms with Gasteiger partial charge in [-0.25, -0.2) is 4.39 Å². The maximum absolute atomic E-state index is 13.5. The molecule has 0 nitrogen and oxygen atoms in total. The zero-order valence-electron chi connectivity index (χ0n) is 8.79. The van der Waals surface area contributed by atoms with Crippen molar-refractivity contribution in [2.75, 3.05) is 5.33 Å². The van der Waals surface area contributed by atoms with Crippen molar-refractivity contribution in [3.05, 3.63) is 59.9 Å². The molecular formula is C14H12BrF. The van der Waals surface area contributed by atoms with Gasteiger partial charge in [0.1, 0.15) is 5.82 Å². The van der Waals surface area contributed by atoms with Gasteiger partial charge in [-0.1, -0.05) is 58.4 Å². The first kappa shape index (κ1) is 11.3. The van der Waals surface area contributed by atoms with Crippen LogP contribution in [0.15, 0.2) is 48.5 Å². The maximum Gasteiger partial charge on any atom is 0.131 e. The smallest absolute Gasteiger partial charge is 0.131 e. The Hall–Kier alpha value is -1.15. The normalized spacial score (nSPS) is 10.4. The van der Waals surface area contributed by atoms with Crippen molar-refractivity contribution >= 4 is 15.9 Å². The summed E-state index contributed by atoms with van der Waals surface area (Å²) in [5.74, 6) is -0.171. The number of benzene rings is 2. The van der Waals surface area contributed by atoms with Crippen molar-refractivity contribution in [1.82, 2.24) is 0 Å². The fraction of sp³-hybridized carbons (Fsp3) is 0.143. The van der Waals surface area contributed by atoms with Crippen LogP contribution < -0.4 is 0 Å². The van der Waals surface area contributed by atoms with E-state index in [0.29, 0.717) is 5.56 Å². The monoisotopic (exact) mass is 278 g/mol. The third-order valence-corrected chi connectivity index (χ3v) is 2.92. The Morgan fingerprint density at radius 2 is 1.62 bits per heavy atom. The van der Waals surface area contributed by atoms with Crippen LogP contribution >= 0.6 is 15.9 Å². The van der Waals surface area contributed by atoms with Gasteiger partial charge in [-0.15, -0.1) is 0 Å². The first-order valence-electron chi connectivity index (χ1n) is 5.21. The first-order chi connectivity index (χ1) is 7.81. The average Bonchev–Trinajstić information content (AvgIpc) is 2.31. The molecule has 0 saturated heterocycles. The van der Waals surface area contributed by atoms with Crippen molar-refractivity contribution in [3.8, 4) is 11.1 Å². The van der Waals surface area contributed by atoms with E-state index in [1.54, 1.807) is 12.1 Å². The zero-order chi connectivity index (χ0) is 11.4. The molecule has 0 radical (unpaired) electrons. The molecule has 0 saturated carbocycles. The highest BCUT2D eigenvalue weighted by Gasteiger charge is 2.03. The topological polar surface area (TPSA) is 0 Å². The standard InChI is InChI=1S/C14H12BrF/c15-10-9-11-5-7-12(8-6-11)13-3-1-2-4-14(13)16/h1-8H,9-10H2. The summed E-state index contributed by atoms with van der Waals surface area (Å²) < 4.78 is 13.5. The molecule has 0 aliphatic carbocycles. The predicted molar refractivity (Wildman–Crippen MR) is 69.3 cm³/mol. The van der Waals surface area contributed by atoms with Gasteiger partial charge in [0, 0.05) is 10.9 Å². The van der Waals surface area contributed by atoms with Crippen LogP contribution in [0.2, 0.25) is 0 Å². The van der Waals surface area contributed by atoms with E-state index in [0.717, 1.165) is 17.3 Å². The Labute approximate surface area is 103 Å². The fourth-order valence-corrected chi connectivity index (χ4v) is 2.11. The number of rotatable bonds is 3. The third-order valence-electron chi connectivity index (χ3n) is 2.52. The third kappa shape index (κ3) is 2.50. The number of hydrogen-bond acceptors (Lipinski definition) is 0. The average molecular weight is 279 g/mol. The van der Waals surface area contributed by atoms with E-state index in [1.807, 2.05) is 30.3 Å². The van der Waals surface area contributed by atoms with Gasteiger partial charge in [0.25, 0.3) is 0 Å². The molecule has 0 amide bonds. The van der Waals surface area contributed by atoms with E-state index in [4.69, 9.17) is 0 Å². The lowest BCUT2D eigenvalue weighted by Gasteiger charge is -2.04. The van der Waals surface area contributed by atoms with Crippen molar-refractivity contribution in [2.24, 2.45) is 0 Å². The van der Waals surface area contributed by atoms with E-state index >= 15 is 0 Å². The lowest BCUT2D eigenvalue weighted by Crippen LogP contribution is -1.87. The summed E-state index contributed by atoms with van der Waals surface area (Å²) >= 11 is 3.40. The quantitative estimate of drug-likeness (QED) is 0.729. The van der Waals surface area contributed by atoms with Crippen molar-refractivity contribution in [3.63, 3.8) is 0 Å². The molecule has 0 aromatic heterocycles. The van der Waals surface area contributed by atoms with E-state index in [9.17, 15) is 4.39 Å². The Kier molecular flexibility index (Phi) is 3.73. The maximum atomic E-state index is 13.5. The molecule has 2 rings (SSSR count). The summed E-state index contributed by atoms with van der Waals surface area (Å²) in [4.78, 5) is 0. The van der Waals surface area contributed by atoms with E-state index in [2.05, 4.69) is 15.9 Å². The highest BCUT2D eigenvalue weighted by Crippen LogP contribution is 2.22. The molecule has 0 N–H and O–H groups in total. The number of halogens is 2. The molecule has 82 valence electrons. The minimum atomic E-state index is -0.171. The Morgan fingerprint density at radius 3 is 2.25 bits per heavy atom. The van der Waals surface area contributed by atoms with Gasteiger partial charge < -0.3 is 0 Å². The Bertz CT molecular complexity index is 462. The molecule has 16 heavy (non-hydrogen) atoms. The number of aryl methyl sites for hydroxylation is 1. The molecule has 2 heteroatoms. The van der Waals surface area contributed by atoms with Crippen LogP contribution in [0.5, 0.6) is 0 Å². The largest absolute Gasteiger partial charge is 0.206 e. The van der Waals surface area contributed by atoms with Gasteiger partial charge in [-0.2, -0.15) is 0 Å². The lowest BCUT2D eigenvalue weighted by atomic mass is 10.0. The highest BCUT2D eigenvalue weighted by atomic mass is 79.9. The van der Waals surface area contributed by atoms with Crippen molar-refractivity contribution in [1.29, 1.82) is 0 Å². The van der Waals surface area contributed by atoms with Crippen LogP contribution in [-0.4, -0.2) is 5.33 Å². The summed E-state index contributed by atoms with van der Waals surface area (Å²) in [6, 6.07) is 14.9. The van der Waals surface area contributed by atoms with Crippen molar-refractivity contribution in [2.45, 2.75) is 6.42 Å². The molecule has 2 aromatic carbocycles. The summed E-state index contributed by atoms with van der Waals surface area (Å²) in [5.41, 5.74) is 2.85. The second kappa shape index (κ2) is 5.26. The molecule has 0 aliphatic heterocycles. The van der Waals surface area contributed by atoms with Gasteiger partial charge in [0.15, 0.2) is 0 Å². The Morgan fingerprint density at radius 1 is 0.938 bits per heavy atom. The summed E-state index contributed by atoms with van der Waals surface area (Å²) in [5, 5.41) is 0.950. The number of hydrogen-bond donors (Lipinski definition) is 0. The van der Waals surface area contributed by atoms with E-state index < -0.39 is 0 Å². The van der Waals surface area contributed by atoms with Crippen LogP contribution in [0.4, 0.5) is 4.39 Å². The predicted octanol–water partition coefficient (Wildman–Crippen LogP) is 4.43. The van der Waals surface area contributed by atoms with Crippen LogP contribution in [0, 0.1) is 5.82 Å². The summed E-state index contributed by atoms with van der Waals surface area (Å²) in [7, 11) is 0. The van der Waals surface area contributed by atoms with E-state index in [-0.39, 0.29) is 5.82 Å². The zero-order valence-corrected chi connectivity index (χ0v) is 10.4. The summed E-state index contributed by atoms with van der Waals surface area (Å²) in [6.07, 6.45) is 0.998.